The average molecular weight is 260 g/mol. The minimum absolute atomic E-state index is 0.0765. The van der Waals surface area contributed by atoms with Crippen LogP contribution in [-0.2, 0) is 13.8 Å². The average Bonchev–Trinajstić information content (AvgIpc) is 2.26. The molecule has 92 valence electrons. The van der Waals surface area contributed by atoms with Gasteiger partial charge in [-0.3, -0.25) is 9.79 Å². The van der Waals surface area contributed by atoms with Gasteiger partial charge in [0.2, 0.25) is 0 Å². The molecule has 0 aliphatic carbocycles. The third kappa shape index (κ3) is 3.99. The van der Waals surface area contributed by atoms with Crippen molar-refractivity contribution < 1.29 is 33.2 Å². The number of phosphoric acid groups is 1. The van der Waals surface area contributed by atoms with Crippen LogP contribution in [0.4, 0.5) is 0 Å². The van der Waals surface area contributed by atoms with Crippen LogP contribution in [0, 0.1) is 0 Å². The van der Waals surface area contributed by atoms with Gasteiger partial charge >= 0.3 is 19.8 Å². The summed E-state index contributed by atoms with van der Waals surface area (Å²) in [6.07, 6.45) is 0. The highest BCUT2D eigenvalue weighted by Gasteiger charge is 2.22. The third-order valence-corrected chi connectivity index (χ3v) is 2.12. The van der Waals surface area contributed by atoms with Gasteiger partial charge in [0.25, 0.3) is 0 Å². The highest BCUT2D eigenvalue weighted by molar-refractivity contribution is 7.46. The lowest BCUT2D eigenvalue weighted by Crippen LogP contribution is -2.06. The summed E-state index contributed by atoms with van der Waals surface area (Å²) in [5.74, 6) is -1.89. The fourth-order valence-electron chi connectivity index (χ4n) is 1.05. The Morgan fingerprint density at radius 3 is 2.18 bits per heavy atom. The molecule has 0 saturated carbocycles. The molecule has 0 aliphatic heterocycles. The van der Waals surface area contributed by atoms with E-state index in [9.17, 15) is 14.2 Å². The molecule has 0 heterocycles. The van der Waals surface area contributed by atoms with Gasteiger partial charge in [-0.05, 0) is 18.2 Å². The Hall–Kier alpha value is -1.69. The lowest BCUT2D eigenvalue weighted by atomic mass is 10.1. The first kappa shape index (κ1) is 13.4. The topological polar surface area (TPSA) is 110 Å². The van der Waals surface area contributed by atoms with Crippen LogP contribution in [0.5, 0.6) is 0 Å². The van der Waals surface area contributed by atoms with Crippen LogP contribution >= 0.6 is 7.82 Å². The molecular weight excluding hydrogens is 251 g/mol. The number of phosphoric ester groups is 1. The molecule has 0 saturated heterocycles. The zero-order valence-corrected chi connectivity index (χ0v) is 9.59. The monoisotopic (exact) mass is 260 g/mol. The van der Waals surface area contributed by atoms with Crippen molar-refractivity contribution in [3.8, 4) is 0 Å². The van der Waals surface area contributed by atoms with Crippen LogP contribution in [0.15, 0.2) is 24.3 Å². The number of carbonyl (C=O) groups is 2. The number of benzene rings is 1. The summed E-state index contributed by atoms with van der Waals surface area (Å²) in [5, 5.41) is 0. The highest BCUT2D eigenvalue weighted by Crippen LogP contribution is 2.36. The molecule has 2 N–H and O–H groups in total. The molecule has 0 aliphatic rings. The van der Waals surface area contributed by atoms with Crippen LogP contribution in [-0.4, -0.2) is 28.8 Å². The van der Waals surface area contributed by atoms with E-state index in [2.05, 4.69) is 9.26 Å². The Bertz CT molecular complexity index is 490. The van der Waals surface area contributed by atoms with E-state index in [1.54, 1.807) is 0 Å². The van der Waals surface area contributed by atoms with E-state index in [4.69, 9.17) is 9.79 Å². The molecule has 1 aromatic carbocycles. The maximum atomic E-state index is 11.3. The van der Waals surface area contributed by atoms with Crippen LogP contribution in [0.1, 0.15) is 20.7 Å². The zero-order valence-electron chi connectivity index (χ0n) is 8.69. The largest absolute Gasteiger partial charge is 0.527 e. The first-order chi connectivity index (χ1) is 7.83. The van der Waals surface area contributed by atoms with Crippen LogP contribution in [0.3, 0.4) is 0 Å². The summed E-state index contributed by atoms with van der Waals surface area (Å²) in [4.78, 5) is 39.3. The van der Waals surface area contributed by atoms with E-state index in [1.165, 1.54) is 25.3 Å². The molecule has 0 amide bonds. The Kier molecular flexibility index (Phi) is 4.01. The van der Waals surface area contributed by atoms with Crippen molar-refractivity contribution >= 4 is 19.8 Å². The van der Waals surface area contributed by atoms with Crippen LogP contribution < -0.4 is 0 Å². The summed E-state index contributed by atoms with van der Waals surface area (Å²) >= 11 is 0. The smallest absolute Gasteiger partial charge is 0.465 e. The van der Waals surface area contributed by atoms with E-state index >= 15 is 0 Å². The number of esters is 1. The predicted molar refractivity (Wildman–Crippen MR) is 55.2 cm³/mol. The lowest BCUT2D eigenvalue weighted by molar-refractivity contribution is 0.0600. The second kappa shape index (κ2) is 5.09. The molecule has 0 aromatic heterocycles. The molecule has 0 spiro atoms. The molecule has 1 aromatic rings. The molecule has 0 unspecified atom stereocenters. The molecule has 1 rings (SSSR count). The Morgan fingerprint density at radius 2 is 1.71 bits per heavy atom. The minimum atomic E-state index is -4.90. The summed E-state index contributed by atoms with van der Waals surface area (Å²) in [6, 6.07) is 5.12. The number of hydrogen-bond acceptors (Lipinski definition) is 5. The standard InChI is InChI=1S/C9H9O7P/c1-15-8(10)6-3-2-4-7(5-6)9(11)16-17(12,13)14/h2-5H,1H3,(H2,12,13,14). The van der Waals surface area contributed by atoms with Gasteiger partial charge in [0.05, 0.1) is 18.2 Å². The van der Waals surface area contributed by atoms with E-state index < -0.39 is 19.8 Å². The summed E-state index contributed by atoms with van der Waals surface area (Å²) < 4.78 is 18.7. The van der Waals surface area contributed by atoms with E-state index in [0.717, 1.165) is 6.07 Å². The molecule has 0 fully saturated rings. The SMILES string of the molecule is COC(=O)c1cccc(C(=O)OP(=O)(O)O)c1. The molecule has 7 nitrogen and oxygen atoms in total. The Morgan fingerprint density at radius 1 is 1.18 bits per heavy atom. The highest BCUT2D eigenvalue weighted by atomic mass is 31.2. The number of methoxy groups -OCH3 is 1. The normalized spacial score (nSPS) is 10.8. The zero-order chi connectivity index (χ0) is 13.1. The fraction of sp³-hybridized carbons (Fsp3) is 0.111. The molecule has 0 atom stereocenters. The second-order valence-corrected chi connectivity index (χ2v) is 4.11. The van der Waals surface area contributed by atoms with Crippen molar-refractivity contribution in [1.82, 2.24) is 0 Å². The van der Waals surface area contributed by atoms with Crippen molar-refractivity contribution in [3.63, 3.8) is 0 Å². The van der Waals surface area contributed by atoms with Gasteiger partial charge in [0.1, 0.15) is 0 Å². The molecule has 8 heteroatoms. The maximum Gasteiger partial charge on any atom is 0.527 e. The van der Waals surface area contributed by atoms with Gasteiger partial charge in [-0.15, -0.1) is 0 Å². The molecule has 17 heavy (non-hydrogen) atoms. The lowest BCUT2D eigenvalue weighted by Gasteiger charge is -2.05. The van der Waals surface area contributed by atoms with Gasteiger partial charge < -0.3 is 9.26 Å². The minimum Gasteiger partial charge on any atom is -0.465 e. The molecular formula is C9H9O7P. The van der Waals surface area contributed by atoms with E-state index in [0.29, 0.717) is 0 Å². The summed E-state index contributed by atoms with van der Waals surface area (Å²) in [6.45, 7) is 0. The van der Waals surface area contributed by atoms with Crippen molar-refractivity contribution in [2.45, 2.75) is 0 Å². The number of carbonyl (C=O) groups excluding carboxylic acids is 2. The predicted octanol–water partition coefficient (Wildman–Crippen LogP) is 0.723. The van der Waals surface area contributed by atoms with E-state index in [1.807, 2.05) is 0 Å². The van der Waals surface area contributed by atoms with Gasteiger partial charge in [-0.1, -0.05) is 6.07 Å². The summed E-state index contributed by atoms with van der Waals surface area (Å²) in [5.41, 5.74) is -0.0797. The Balaban J connectivity index is 2.96. The third-order valence-electron chi connectivity index (χ3n) is 1.72. The van der Waals surface area contributed by atoms with Crippen molar-refractivity contribution in [2.24, 2.45) is 0 Å². The van der Waals surface area contributed by atoms with Crippen molar-refractivity contribution in [2.75, 3.05) is 7.11 Å². The van der Waals surface area contributed by atoms with Gasteiger partial charge in [0.15, 0.2) is 0 Å². The van der Waals surface area contributed by atoms with E-state index in [-0.39, 0.29) is 11.1 Å². The number of hydrogen-bond donors (Lipinski definition) is 2. The first-order valence-electron chi connectivity index (χ1n) is 4.31. The maximum absolute atomic E-state index is 11.3. The van der Waals surface area contributed by atoms with Crippen molar-refractivity contribution in [1.29, 1.82) is 0 Å². The number of ether oxygens (including phenoxy) is 1. The van der Waals surface area contributed by atoms with Gasteiger partial charge in [-0.2, -0.15) is 0 Å². The number of rotatable bonds is 3. The van der Waals surface area contributed by atoms with Crippen LogP contribution in [0.2, 0.25) is 0 Å². The van der Waals surface area contributed by atoms with Crippen molar-refractivity contribution in [3.05, 3.63) is 35.4 Å². The quantitative estimate of drug-likeness (QED) is 0.608. The van der Waals surface area contributed by atoms with Crippen LogP contribution in [0.25, 0.3) is 0 Å². The van der Waals surface area contributed by atoms with Gasteiger partial charge in [0, 0.05) is 0 Å². The van der Waals surface area contributed by atoms with Gasteiger partial charge in [-0.25, -0.2) is 14.2 Å². The second-order valence-electron chi connectivity index (χ2n) is 2.94. The Labute approximate surface area is 96.2 Å². The molecule has 0 radical (unpaired) electrons. The fourth-order valence-corrected chi connectivity index (χ4v) is 1.37. The summed E-state index contributed by atoms with van der Waals surface area (Å²) in [7, 11) is -3.73. The molecule has 0 bridgehead atoms. The first-order valence-corrected chi connectivity index (χ1v) is 5.84.